The number of carbonyl (C=O) groups excluding carboxylic acids is 2. The van der Waals surface area contributed by atoms with E-state index in [0.29, 0.717) is 17.2 Å². The van der Waals surface area contributed by atoms with Crippen molar-refractivity contribution >= 4 is 36.1 Å². The van der Waals surface area contributed by atoms with Gasteiger partial charge in [-0.2, -0.15) is 5.10 Å². The van der Waals surface area contributed by atoms with E-state index in [9.17, 15) is 14.7 Å². The highest BCUT2D eigenvalue weighted by Crippen LogP contribution is 2.24. The summed E-state index contributed by atoms with van der Waals surface area (Å²) in [6.45, 7) is -0.472. The van der Waals surface area contributed by atoms with Crippen molar-refractivity contribution < 1.29 is 24.2 Å². The van der Waals surface area contributed by atoms with E-state index >= 15 is 0 Å². The van der Waals surface area contributed by atoms with Crippen molar-refractivity contribution in [3.8, 4) is 11.5 Å². The van der Waals surface area contributed by atoms with Gasteiger partial charge in [-0.1, -0.05) is 12.1 Å². The zero-order valence-electron chi connectivity index (χ0n) is 17.8. The number of nitrogens with one attached hydrogen (secondary N) is 3. The van der Waals surface area contributed by atoms with E-state index < -0.39 is 18.6 Å². The largest absolute Gasteiger partial charge is 0.497 e. The van der Waals surface area contributed by atoms with Crippen LogP contribution in [0.2, 0.25) is 0 Å². The number of hydrogen-bond acceptors (Lipinski definition) is 8. The van der Waals surface area contributed by atoms with Gasteiger partial charge in [-0.25, -0.2) is 0 Å². The Morgan fingerprint density at radius 1 is 1.16 bits per heavy atom. The molecule has 0 bridgehead atoms. The number of nitrogens with zero attached hydrogens (tertiary/aromatic N) is 1. The summed E-state index contributed by atoms with van der Waals surface area (Å²) in [5, 5.41) is 21.1. The third-order valence-electron chi connectivity index (χ3n) is 4.34. The smallest absolute Gasteiger partial charge is 0.245 e. The van der Waals surface area contributed by atoms with Crippen LogP contribution in [0, 0.1) is 0 Å². The Morgan fingerprint density at radius 3 is 2.59 bits per heavy atom. The Labute approximate surface area is 192 Å². The van der Waals surface area contributed by atoms with E-state index in [2.05, 4.69) is 21.1 Å². The van der Waals surface area contributed by atoms with E-state index in [4.69, 9.17) is 15.3 Å². The summed E-state index contributed by atoms with van der Waals surface area (Å²) in [5.41, 5.74) is 2.10. The molecule has 1 atom stereocenters. The lowest BCUT2D eigenvalue weighted by Crippen LogP contribution is -2.45. The number of aliphatic hydroxyl groups is 1. The van der Waals surface area contributed by atoms with Gasteiger partial charge in [0.05, 0.1) is 33.6 Å². The monoisotopic (exact) mass is 465 g/mol. The number of hydrogen-bond donors (Lipinski definition) is 5. The van der Waals surface area contributed by atoms with Crippen LogP contribution in [-0.4, -0.2) is 56.5 Å². The molecule has 2 rings (SSSR count). The zero-order chi connectivity index (χ0) is 22.6. The number of hydrazone groups is 1. The Balaban J connectivity index is 0.00000512. The third kappa shape index (κ3) is 7.97. The van der Waals surface area contributed by atoms with E-state index in [0.717, 1.165) is 11.1 Å². The number of amides is 2. The Hall–Kier alpha value is -3.50. The van der Waals surface area contributed by atoms with Crippen molar-refractivity contribution in [1.29, 1.82) is 0 Å². The van der Waals surface area contributed by atoms with Gasteiger partial charge in [0.15, 0.2) is 0 Å². The summed E-state index contributed by atoms with van der Waals surface area (Å²) in [7, 11) is 3.08. The lowest BCUT2D eigenvalue weighted by atomic mass is 10.2. The fourth-order valence-corrected chi connectivity index (χ4v) is 2.73. The topological polar surface area (TPSA) is 147 Å². The van der Waals surface area contributed by atoms with Gasteiger partial charge in [0, 0.05) is 23.9 Å². The molecule has 0 aliphatic carbocycles. The maximum absolute atomic E-state index is 12.3. The van der Waals surface area contributed by atoms with Crippen LogP contribution in [0.4, 0.5) is 5.69 Å². The van der Waals surface area contributed by atoms with E-state index in [1.165, 1.54) is 13.3 Å². The van der Waals surface area contributed by atoms with Crippen LogP contribution < -0.4 is 31.3 Å². The molecule has 11 heteroatoms. The van der Waals surface area contributed by atoms with Crippen molar-refractivity contribution in [3.63, 3.8) is 0 Å². The lowest BCUT2D eigenvalue weighted by Gasteiger charge is -2.17. The van der Waals surface area contributed by atoms with Gasteiger partial charge >= 0.3 is 0 Å². The number of ether oxygens (including phenoxy) is 2. The molecule has 2 aromatic rings. The first-order valence-corrected chi connectivity index (χ1v) is 9.46. The Kier molecular flexibility index (Phi) is 11.4. The van der Waals surface area contributed by atoms with Crippen LogP contribution in [0.15, 0.2) is 47.6 Å². The molecule has 0 saturated carbocycles. The maximum atomic E-state index is 12.3. The Bertz CT molecular complexity index is 925. The summed E-state index contributed by atoms with van der Waals surface area (Å²) >= 11 is 0. The molecule has 174 valence electrons. The second kappa shape index (κ2) is 13.7. The molecule has 0 aliphatic rings. The first-order chi connectivity index (χ1) is 15.0. The fourth-order valence-electron chi connectivity index (χ4n) is 2.73. The second-order valence-electron chi connectivity index (χ2n) is 6.46. The fraction of sp³-hybridized carbons (Fsp3) is 0.286. The van der Waals surface area contributed by atoms with Gasteiger partial charge < -0.3 is 36.4 Å². The standard InChI is InChI=1S/C21H27N5O5.ClH/c1-30-17-7-6-15(19(9-17)31-2)11-23-20(28)12-24-21(29)18(13-27)26-16-5-3-4-14(8-16)10-25-22;/h3-10,18,26-27H,11-13,22H2,1-2H3,(H,23,28)(H,24,29);1H/b25-10+;. The minimum absolute atomic E-state index is 0. The maximum Gasteiger partial charge on any atom is 0.245 e. The van der Waals surface area contributed by atoms with Crippen molar-refractivity contribution in [3.05, 3.63) is 53.6 Å². The number of anilines is 1. The summed E-state index contributed by atoms with van der Waals surface area (Å²) in [5.74, 6) is 5.46. The molecule has 0 aliphatic heterocycles. The van der Waals surface area contributed by atoms with Crippen LogP contribution >= 0.6 is 12.4 Å². The Morgan fingerprint density at radius 2 is 1.94 bits per heavy atom. The minimum Gasteiger partial charge on any atom is -0.497 e. The van der Waals surface area contributed by atoms with Crippen molar-refractivity contribution in [2.24, 2.45) is 10.9 Å². The number of halogens is 1. The van der Waals surface area contributed by atoms with Gasteiger partial charge in [0.2, 0.25) is 11.8 Å². The molecule has 1 unspecified atom stereocenters. The highest BCUT2D eigenvalue weighted by molar-refractivity contribution is 5.89. The molecular formula is C21H28ClN5O5. The normalized spacial score (nSPS) is 11.2. The number of benzene rings is 2. The van der Waals surface area contributed by atoms with E-state index in [-0.39, 0.29) is 31.4 Å². The summed E-state index contributed by atoms with van der Waals surface area (Å²) in [4.78, 5) is 24.5. The van der Waals surface area contributed by atoms with Gasteiger partial charge in [-0.05, 0) is 29.8 Å². The zero-order valence-corrected chi connectivity index (χ0v) is 18.6. The van der Waals surface area contributed by atoms with Crippen LogP contribution in [0.5, 0.6) is 11.5 Å². The predicted molar refractivity (Wildman–Crippen MR) is 124 cm³/mol. The molecule has 6 N–H and O–H groups in total. The van der Waals surface area contributed by atoms with Crippen LogP contribution in [-0.2, 0) is 16.1 Å². The number of carbonyl (C=O) groups is 2. The summed E-state index contributed by atoms with van der Waals surface area (Å²) in [6.07, 6.45) is 1.46. The summed E-state index contributed by atoms with van der Waals surface area (Å²) < 4.78 is 10.4. The quantitative estimate of drug-likeness (QED) is 0.186. The molecular weight excluding hydrogens is 438 g/mol. The highest BCUT2D eigenvalue weighted by Gasteiger charge is 2.18. The van der Waals surface area contributed by atoms with Crippen molar-refractivity contribution in [2.45, 2.75) is 12.6 Å². The molecule has 0 heterocycles. The molecule has 0 spiro atoms. The van der Waals surface area contributed by atoms with Gasteiger partial charge in [-0.15, -0.1) is 12.4 Å². The molecule has 2 amide bonds. The minimum atomic E-state index is -0.931. The first-order valence-electron chi connectivity index (χ1n) is 9.46. The van der Waals surface area contributed by atoms with E-state index in [1.807, 2.05) is 0 Å². The predicted octanol–water partition coefficient (Wildman–Crippen LogP) is 0.624. The average molecular weight is 466 g/mol. The van der Waals surface area contributed by atoms with Gasteiger partial charge in [0.1, 0.15) is 17.5 Å². The number of rotatable bonds is 11. The molecule has 0 saturated heterocycles. The number of methoxy groups -OCH3 is 2. The molecule has 32 heavy (non-hydrogen) atoms. The van der Waals surface area contributed by atoms with Crippen LogP contribution in [0.25, 0.3) is 0 Å². The van der Waals surface area contributed by atoms with E-state index in [1.54, 1.807) is 49.6 Å². The van der Waals surface area contributed by atoms with Crippen molar-refractivity contribution in [2.75, 3.05) is 32.7 Å². The number of aliphatic hydroxyl groups excluding tert-OH is 1. The highest BCUT2D eigenvalue weighted by atomic mass is 35.5. The third-order valence-corrected chi connectivity index (χ3v) is 4.34. The molecule has 0 fully saturated rings. The van der Waals surface area contributed by atoms with Gasteiger partial charge in [0.25, 0.3) is 0 Å². The number of nitrogens with two attached hydrogens (primary N) is 1. The SMILES string of the molecule is COc1ccc(CNC(=O)CNC(=O)C(CO)Nc2cccc(/C=N/N)c2)c(OC)c1.Cl. The second-order valence-corrected chi connectivity index (χ2v) is 6.46. The van der Waals surface area contributed by atoms with Crippen LogP contribution in [0.1, 0.15) is 11.1 Å². The van der Waals surface area contributed by atoms with Crippen LogP contribution in [0.3, 0.4) is 0 Å². The van der Waals surface area contributed by atoms with Gasteiger partial charge in [-0.3, -0.25) is 9.59 Å². The average Bonchev–Trinajstić information content (AvgIpc) is 2.79. The molecule has 0 aromatic heterocycles. The molecule has 0 radical (unpaired) electrons. The molecule has 10 nitrogen and oxygen atoms in total. The summed E-state index contributed by atoms with van der Waals surface area (Å²) in [6, 6.07) is 11.3. The van der Waals surface area contributed by atoms with Crippen molar-refractivity contribution in [1.82, 2.24) is 10.6 Å². The molecule has 2 aromatic carbocycles. The first kappa shape index (κ1) is 26.5. The lowest BCUT2D eigenvalue weighted by molar-refractivity contribution is -0.127.